The number of hydrogen-bond donors (Lipinski definition) is 0. The highest BCUT2D eigenvalue weighted by Crippen LogP contribution is 2.80. The van der Waals surface area contributed by atoms with E-state index in [-0.39, 0.29) is 0 Å². The molecule has 0 saturated carbocycles. The molecule has 0 heterocycles. The highest BCUT2D eigenvalue weighted by Gasteiger charge is 2.99. The fourth-order valence-electron chi connectivity index (χ4n) is 4.30. The van der Waals surface area contributed by atoms with Gasteiger partial charge in [0.25, 0.3) is 11.3 Å². The predicted molar refractivity (Wildman–Crippen MR) is 60.2 cm³/mol. The number of allylic oxidation sites excluding steroid dienone is 6. The Kier molecular flexibility index (Phi) is 2.52. The first-order chi connectivity index (χ1) is 11.4. The standard InChI is InChI=1S/C14H4F12/c1-3-2-8(17)4-5(9(3,18)12(8,21)22)11(20)7(16)6(15)10(4,19)13(23,24)14(11,25)26/h2H,1H3/t8-,9-,10+,11-/m1/s1. The smallest absolute Gasteiger partial charge is 0.227 e. The van der Waals surface area contributed by atoms with Crippen LogP contribution in [0.5, 0.6) is 0 Å². The molecule has 4 bridgehead atoms. The lowest BCUT2D eigenvalue weighted by Crippen LogP contribution is -2.75. The van der Waals surface area contributed by atoms with Gasteiger partial charge in [0.1, 0.15) is 0 Å². The normalized spacial score (nSPS) is 49.7. The van der Waals surface area contributed by atoms with Crippen LogP contribution in [0.15, 0.2) is 34.4 Å². The Bertz CT molecular complexity index is 880. The van der Waals surface area contributed by atoms with Crippen molar-refractivity contribution < 1.29 is 52.7 Å². The molecule has 5 rings (SSSR count). The molecule has 0 aromatic rings. The molecule has 0 N–H and O–H groups in total. The molecule has 0 aromatic carbocycles. The van der Waals surface area contributed by atoms with Crippen LogP contribution >= 0.6 is 0 Å². The molecule has 5 aliphatic rings. The van der Waals surface area contributed by atoms with Gasteiger partial charge in [0, 0.05) is 11.1 Å². The summed E-state index contributed by atoms with van der Waals surface area (Å²) in [6, 6.07) is 0. The first kappa shape index (κ1) is 17.8. The van der Waals surface area contributed by atoms with Gasteiger partial charge in [-0.2, -0.15) is 26.3 Å². The molecule has 5 aliphatic carbocycles. The lowest BCUT2D eigenvalue weighted by Gasteiger charge is -2.54. The van der Waals surface area contributed by atoms with Crippen molar-refractivity contribution in [2.75, 3.05) is 0 Å². The van der Waals surface area contributed by atoms with Crippen LogP contribution < -0.4 is 0 Å². The third-order valence-electron chi connectivity index (χ3n) is 5.55. The van der Waals surface area contributed by atoms with Gasteiger partial charge in [0.2, 0.25) is 11.3 Å². The van der Waals surface area contributed by atoms with Crippen molar-refractivity contribution in [1.82, 2.24) is 0 Å². The maximum atomic E-state index is 15.0. The third-order valence-corrected chi connectivity index (χ3v) is 5.55. The molecule has 26 heavy (non-hydrogen) atoms. The summed E-state index contributed by atoms with van der Waals surface area (Å²) in [7, 11) is 0. The van der Waals surface area contributed by atoms with E-state index >= 15 is 0 Å². The summed E-state index contributed by atoms with van der Waals surface area (Å²) in [6.07, 6.45) is -0.420. The summed E-state index contributed by atoms with van der Waals surface area (Å²) in [6.45, 7) is 0.365. The lowest BCUT2D eigenvalue weighted by molar-refractivity contribution is -0.316. The minimum absolute atomic E-state index is 0.365. The van der Waals surface area contributed by atoms with Crippen LogP contribution in [0.1, 0.15) is 6.92 Å². The van der Waals surface area contributed by atoms with Crippen molar-refractivity contribution in [2.45, 2.75) is 47.4 Å². The number of rotatable bonds is 0. The first-order valence-electron chi connectivity index (χ1n) is 6.85. The molecule has 0 nitrogen and oxygen atoms in total. The van der Waals surface area contributed by atoms with E-state index in [0.717, 1.165) is 0 Å². The van der Waals surface area contributed by atoms with Crippen LogP contribution in [0.25, 0.3) is 0 Å². The zero-order chi connectivity index (χ0) is 20.1. The van der Waals surface area contributed by atoms with Crippen molar-refractivity contribution in [3.8, 4) is 0 Å². The van der Waals surface area contributed by atoms with Crippen LogP contribution in [0, 0.1) is 0 Å². The topological polar surface area (TPSA) is 0 Å². The molecule has 0 aliphatic heterocycles. The van der Waals surface area contributed by atoms with Crippen LogP contribution in [0.4, 0.5) is 52.7 Å². The van der Waals surface area contributed by atoms with Crippen LogP contribution in [-0.4, -0.2) is 40.4 Å². The van der Waals surface area contributed by atoms with Crippen molar-refractivity contribution in [3.63, 3.8) is 0 Å². The number of alkyl halides is 10. The average Bonchev–Trinajstić information content (AvgIpc) is 2.73. The summed E-state index contributed by atoms with van der Waals surface area (Å²) >= 11 is 0. The Morgan fingerprint density at radius 1 is 0.577 bits per heavy atom. The lowest BCUT2D eigenvalue weighted by atomic mass is 9.58. The highest BCUT2D eigenvalue weighted by molar-refractivity contribution is 5.75. The van der Waals surface area contributed by atoms with Gasteiger partial charge in [-0.05, 0) is 18.6 Å². The first-order valence-corrected chi connectivity index (χ1v) is 6.85. The van der Waals surface area contributed by atoms with Crippen molar-refractivity contribution in [2.24, 2.45) is 0 Å². The van der Waals surface area contributed by atoms with E-state index in [1.807, 2.05) is 0 Å². The van der Waals surface area contributed by atoms with Gasteiger partial charge in [0.05, 0.1) is 0 Å². The van der Waals surface area contributed by atoms with Crippen molar-refractivity contribution >= 4 is 0 Å². The van der Waals surface area contributed by atoms with Gasteiger partial charge in [-0.1, -0.05) is 0 Å². The van der Waals surface area contributed by atoms with Crippen LogP contribution in [0.3, 0.4) is 0 Å². The minimum Gasteiger partial charge on any atom is -0.227 e. The molecule has 144 valence electrons. The maximum Gasteiger partial charge on any atom is 0.358 e. The quantitative estimate of drug-likeness (QED) is 0.389. The van der Waals surface area contributed by atoms with Gasteiger partial charge in [0.15, 0.2) is 11.7 Å². The van der Waals surface area contributed by atoms with E-state index in [1.54, 1.807) is 0 Å². The largest absolute Gasteiger partial charge is 0.358 e. The van der Waals surface area contributed by atoms with Gasteiger partial charge in [-0.3, -0.25) is 0 Å². The zero-order valence-corrected chi connectivity index (χ0v) is 12.1. The summed E-state index contributed by atoms with van der Waals surface area (Å²) in [5.41, 5.74) is -28.7. The third kappa shape index (κ3) is 1.06. The predicted octanol–water partition coefficient (Wildman–Crippen LogP) is 5.17. The second-order valence-electron chi connectivity index (χ2n) is 6.62. The zero-order valence-electron chi connectivity index (χ0n) is 12.1. The Morgan fingerprint density at radius 3 is 1.38 bits per heavy atom. The molecule has 0 aromatic heterocycles. The van der Waals surface area contributed by atoms with Crippen molar-refractivity contribution in [3.05, 3.63) is 34.4 Å². The fraction of sp³-hybridized carbons (Fsp3) is 0.571. The maximum absolute atomic E-state index is 15.0. The monoisotopic (exact) mass is 400 g/mol. The molecule has 0 amide bonds. The molecule has 4 atom stereocenters. The van der Waals surface area contributed by atoms with E-state index < -0.39 is 74.9 Å². The Hall–Kier alpha value is -1.62. The highest BCUT2D eigenvalue weighted by atomic mass is 19.3. The van der Waals surface area contributed by atoms with Crippen LogP contribution in [-0.2, 0) is 0 Å². The molecule has 0 radical (unpaired) electrons. The second-order valence-corrected chi connectivity index (χ2v) is 6.62. The fourth-order valence-corrected chi connectivity index (χ4v) is 4.30. The summed E-state index contributed by atoms with van der Waals surface area (Å²) in [5, 5.41) is 0. The number of halogens is 12. The van der Waals surface area contributed by atoms with E-state index in [9.17, 15) is 52.7 Å². The van der Waals surface area contributed by atoms with Crippen LogP contribution in [0.2, 0.25) is 0 Å². The van der Waals surface area contributed by atoms with Gasteiger partial charge in [-0.15, -0.1) is 0 Å². The molecular formula is C14H4F12. The molecule has 0 unspecified atom stereocenters. The van der Waals surface area contributed by atoms with Gasteiger partial charge in [-0.25, -0.2) is 26.3 Å². The van der Waals surface area contributed by atoms with Gasteiger partial charge < -0.3 is 0 Å². The molecule has 0 fully saturated rings. The Morgan fingerprint density at radius 2 is 0.962 bits per heavy atom. The number of fused-ring (bicyclic) bond motifs is 3. The van der Waals surface area contributed by atoms with E-state index in [4.69, 9.17) is 0 Å². The summed E-state index contributed by atoms with van der Waals surface area (Å²) in [5.74, 6) is -25.7. The van der Waals surface area contributed by atoms with E-state index in [1.165, 1.54) is 0 Å². The number of hydrogen-bond acceptors (Lipinski definition) is 0. The summed E-state index contributed by atoms with van der Waals surface area (Å²) < 4.78 is 172. The molecule has 0 spiro atoms. The molecule has 0 saturated heterocycles. The van der Waals surface area contributed by atoms with Crippen molar-refractivity contribution in [1.29, 1.82) is 0 Å². The summed E-state index contributed by atoms with van der Waals surface area (Å²) in [4.78, 5) is 0. The molecule has 12 heteroatoms. The SMILES string of the molecule is CC1=C[C@@]2(F)C3=C([C@@]4(F)C(F)=C(F)[C@]3(F)C(F)(F)C4(F)F)[C@@]1(F)C2(F)F. The van der Waals surface area contributed by atoms with E-state index in [2.05, 4.69) is 0 Å². The molecular weight excluding hydrogens is 396 g/mol. The van der Waals surface area contributed by atoms with Gasteiger partial charge >= 0.3 is 17.8 Å². The average molecular weight is 400 g/mol. The minimum atomic E-state index is -6.52. The van der Waals surface area contributed by atoms with E-state index in [0.29, 0.717) is 6.92 Å². The second kappa shape index (κ2) is 3.68. The Labute approximate surface area is 135 Å². The Balaban J connectivity index is 2.26.